The summed E-state index contributed by atoms with van der Waals surface area (Å²) in [5, 5.41) is 5.06. The Labute approximate surface area is 152 Å². The molecule has 1 aliphatic rings. The van der Waals surface area contributed by atoms with Crippen molar-refractivity contribution in [2.24, 2.45) is 0 Å². The van der Waals surface area contributed by atoms with Gasteiger partial charge in [-0.2, -0.15) is 0 Å². The molecule has 1 atom stereocenters. The van der Waals surface area contributed by atoms with Gasteiger partial charge >= 0.3 is 5.97 Å². The van der Waals surface area contributed by atoms with Gasteiger partial charge in [0.05, 0.1) is 5.41 Å². The third kappa shape index (κ3) is 4.39. The predicted molar refractivity (Wildman–Crippen MR) is 93.8 cm³/mol. The Balaban J connectivity index is 2.00. The number of hydrogen-bond acceptors (Lipinski definition) is 4. The lowest BCUT2D eigenvalue weighted by atomic mass is 9.78. The number of benzene rings is 1. The minimum absolute atomic E-state index is 0.314. The molecule has 0 saturated heterocycles. The van der Waals surface area contributed by atoms with E-state index in [2.05, 4.69) is 10.6 Å². The van der Waals surface area contributed by atoms with Gasteiger partial charge in [0.1, 0.15) is 11.9 Å². The highest BCUT2D eigenvalue weighted by Gasteiger charge is 2.46. The molecule has 1 aliphatic carbocycles. The van der Waals surface area contributed by atoms with Crippen LogP contribution in [0.15, 0.2) is 24.3 Å². The Bertz CT molecular complexity index is 671. The van der Waals surface area contributed by atoms with E-state index in [1.54, 1.807) is 32.0 Å². The second kappa shape index (κ2) is 8.78. The third-order valence-corrected chi connectivity index (χ3v) is 4.69. The van der Waals surface area contributed by atoms with Crippen molar-refractivity contribution in [3.05, 3.63) is 35.6 Å². The van der Waals surface area contributed by atoms with Crippen LogP contribution in [0.2, 0.25) is 0 Å². The summed E-state index contributed by atoms with van der Waals surface area (Å²) in [7, 11) is 0. The smallest absolute Gasteiger partial charge is 0.317 e. The average molecular weight is 364 g/mol. The van der Waals surface area contributed by atoms with Gasteiger partial charge in [0, 0.05) is 12.1 Å². The molecule has 1 fully saturated rings. The maximum atomic E-state index is 14.2. The molecule has 1 aromatic rings. The molecule has 1 aromatic carbocycles. The minimum Gasteiger partial charge on any atom is -0.455 e. The highest BCUT2D eigenvalue weighted by Crippen LogP contribution is 2.43. The highest BCUT2D eigenvalue weighted by molar-refractivity contribution is 5.90. The standard InChI is InChI=1S/C19H25FN2O4/c1-3-21-17(24)13(2)22-16(23)12-26-18(25)19(10-6-7-11-19)14-8-4-5-9-15(14)20/h4-5,8-9,13H,3,6-7,10-12H2,1-2H3,(H,21,24)(H,22,23)/t13-/m1/s1. The lowest BCUT2D eigenvalue weighted by Gasteiger charge is -2.27. The molecule has 26 heavy (non-hydrogen) atoms. The first-order chi connectivity index (χ1) is 12.4. The fourth-order valence-corrected chi connectivity index (χ4v) is 3.36. The number of nitrogens with one attached hydrogen (secondary N) is 2. The lowest BCUT2D eigenvalue weighted by Crippen LogP contribution is -2.46. The lowest BCUT2D eigenvalue weighted by molar-refractivity contribution is -0.154. The van der Waals surface area contributed by atoms with Crippen LogP contribution in [0, 0.1) is 5.82 Å². The van der Waals surface area contributed by atoms with Gasteiger partial charge in [-0.15, -0.1) is 0 Å². The van der Waals surface area contributed by atoms with E-state index in [0.29, 0.717) is 24.9 Å². The number of carbonyl (C=O) groups is 3. The maximum absolute atomic E-state index is 14.2. The van der Waals surface area contributed by atoms with E-state index in [-0.39, 0.29) is 5.91 Å². The first-order valence-corrected chi connectivity index (χ1v) is 8.90. The Morgan fingerprint density at radius 2 is 1.88 bits per heavy atom. The van der Waals surface area contributed by atoms with E-state index >= 15 is 0 Å². The SMILES string of the molecule is CCNC(=O)[C@@H](C)NC(=O)COC(=O)C1(c2ccccc2F)CCCC1. The Kier molecular flexibility index (Phi) is 6.71. The Morgan fingerprint density at radius 3 is 2.50 bits per heavy atom. The molecule has 6 nitrogen and oxygen atoms in total. The molecule has 0 aromatic heterocycles. The van der Waals surface area contributed by atoms with Crippen LogP contribution in [-0.4, -0.2) is 37.0 Å². The van der Waals surface area contributed by atoms with Crippen molar-refractivity contribution >= 4 is 17.8 Å². The van der Waals surface area contributed by atoms with Gasteiger partial charge in [-0.3, -0.25) is 14.4 Å². The Hall–Kier alpha value is -2.44. The number of rotatable bonds is 7. The van der Waals surface area contributed by atoms with E-state index in [1.165, 1.54) is 6.07 Å². The Morgan fingerprint density at radius 1 is 1.23 bits per heavy atom. The zero-order chi connectivity index (χ0) is 19.2. The van der Waals surface area contributed by atoms with Crippen LogP contribution >= 0.6 is 0 Å². The van der Waals surface area contributed by atoms with E-state index in [0.717, 1.165) is 12.8 Å². The van der Waals surface area contributed by atoms with E-state index in [1.807, 2.05) is 0 Å². The molecule has 0 spiro atoms. The van der Waals surface area contributed by atoms with Crippen molar-refractivity contribution in [3.63, 3.8) is 0 Å². The molecular formula is C19H25FN2O4. The second-order valence-corrected chi connectivity index (χ2v) is 6.53. The monoisotopic (exact) mass is 364 g/mol. The fraction of sp³-hybridized carbons (Fsp3) is 0.526. The average Bonchev–Trinajstić information content (AvgIpc) is 3.11. The molecule has 0 aliphatic heterocycles. The molecular weight excluding hydrogens is 339 g/mol. The zero-order valence-corrected chi connectivity index (χ0v) is 15.1. The number of ether oxygens (including phenoxy) is 1. The third-order valence-electron chi connectivity index (χ3n) is 4.69. The van der Waals surface area contributed by atoms with Crippen LogP contribution in [-0.2, 0) is 24.5 Å². The van der Waals surface area contributed by atoms with Gasteiger partial charge in [0.15, 0.2) is 6.61 Å². The van der Waals surface area contributed by atoms with Gasteiger partial charge in [0.25, 0.3) is 5.91 Å². The van der Waals surface area contributed by atoms with Crippen molar-refractivity contribution < 1.29 is 23.5 Å². The van der Waals surface area contributed by atoms with E-state index in [9.17, 15) is 18.8 Å². The van der Waals surface area contributed by atoms with Crippen LogP contribution in [0.5, 0.6) is 0 Å². The number of hydrogen-bond donors (Lipinski definition) is 2. The van der Waals surface area contributed by atoms with Crippen molar-refractivity contribution in [1.29, 1.82) is 0 Å². The topological polar surface area (TPSA) is 84.5 Å². The summed E-state index contributed by atoms with van der Waals surface area (Å²) in [4.78, 5) is 36.3. The largest absolute Gasteiger partial charge is 0.455 e. The van der Waals surface area contributed by atoms with E-state index < -0.39 is 35.8 Å². The molecule has 0 heterocycles. The summed E-state index contributed by atoms with van der Waals surface area (Å²) in [6.45, 7) is 3.28. The molecule has 7 heteroatoms. The molecule has 142 valence electrons. The molecule has 2 N–H and O–H groups in total. The van der Waals surface area contributed by atoms with Crippen LogP contribution in [0.3, 0.4) is 0 Å². The molecule has 1 saturated carbocycles. The van der Waals surface area contributed by atoms with Crippen molar-refractivity contribution in [2.75, 3.05) is 13.2 Å². The number of halogens is 1. The van der Waals surface area contributed by atoms with Gasteiger partial charge < -0.3 is 15.4 Å². The first kappa shape index (κ1) is 19.9. The molecule has 0 unspecified atom stereocenters. The normalized spacial score (nSPS) is 16.6. The van der Waals surface area contributed by atoms with E-state index in [4.69, 9.17) is 4.74 Å². The summed E-state index contributed by atoms with van der Waals surface area (Å²) >= 11 is 0. The number of carbonyl (C=O) groups excluding carboxylic acids is 3. The van der Waals surface area contributed by atoms with Crippen LogP contribution in [0.1, 0.15) is 45.1 Å². The van der Waals surface area contributed by atoms with Gasteiger partial charge in [-0.25, -0.2) is 4.39 Å². The van der Waals surface area contributed by atoms with Crippen molar-refractivity contribution in [3.8, 4) is 0 Å². The zero-order valence-electron chi connectivity index (χ0n) is 15.1. The summed E-state index contributed by atoms with van der Waals surface area (Å²) in [6.07, 6.45) is 2.57. The summed E-state index contributed by atoms with van der Waals surface area (Å²) in [5.74, 6) is -1.92. The molecule has 0 radical (unpaired) electrons. The fourth-order valence-electron chi connectivity index (χ4n) is 3.36. The number of likely N-dealkylation sites (N-methyl/N-ethyl adjacent to an activating group) is 1. The number of amides is 2. The molecule has 2 rings (SSSR count). The number of esters is 1. The van der Waals surface area contributed by atoms with Gasteiger partial charge in [-0.1, -0.05) is 31.0 Å². The molecule has 0 bridgehead atoms. The minimum atomic E-state index is -1.04. The van der Waals surface area contributed by atoms with Crippen LogP contribution in [0.25, 0.3) is 0 Å². The highest BCUT2D eigenvalue weighted by atomic mass is 19.1. The summed E-state index contributed by atoms with van der Waals surface area (Å²) in [6, 6.07) is 5.45. The first-order valence-electron chi connectivity index (χ1n) is 8.90. The van der Waals surface area contributed by atoms with Crippen LogP contribution in [0.4, 0.5) is 4.39 Å². The van der Waals surface area contributed by atoms with Crippen molar-refractivity contribution in [2.45, 2.75) is 51.0 Å². The predicted octanol–water partition coefficient (Wildman–Crippen LogP) is 1.82. The second-order valence-electron chi connectivity index (χ2n) is 6.53. The van der Waals surface area contributed by atoms with Gasteiger partial charge in [-0.05, 0) is 32.8 Å². The summed E-state index contributed by atoms with van der Waals surface area (Å²) in [5.41, 5.74) is -0.727. The quantitative estimate of drug-likeness (QED) is 0.723. The van der Waals surface area contributed by atoms with Crippen LogP contribution < -0.4 is 10.6 Å². The summed E-state index contributed by atoms with van der Waals surface area (Å²) < 4.78 is 19.4. The van der Waals surface area contributed by atoms with Gasteiger partial charge in [0.2, 0.25) is 5.91 Å². The van der Waals surface area contributed by atoms with Crippen molar-refractivity contribution in [1.82, 2.24) is 10.6 Å². The maximum Gasteiger partial charge on any atom is 0.317 e. The molecule has 2 amide bonds.